The molecule has 0 aliphatic rings. The summed E-state index contributed by atoms with van der Waals surface area (Å²) in [6.07, 6.45) is 5.00. The summed E-state index contributed by atoms with van der Waals surface area (Å²) in [5.74, 6) is 0.241. The standard InChI is InChI=1S/C14H17N3O2/c1-3-6-11-10(14(18)19-4-2)9-16-13(17-11)12-7-5-8-15-12/h5,7-9,15H,3-4,6H2,1-2H3. The Balaban J connectivity index is 2.37. The van der Waals surface area contributed by atoms with Crippen LogP contribution < -0.4 is 0 Å². The number of nitrogens with one attached hydrogen (secondary N) is 1. The first-order chi connectivity index (χ1) is 9.26. The van der Waals surface area contributed by atoms with Gasteiger partial charge in [-0.1, -0.05) is 13.3 Å². The highest BCUT2D eigenvalue weighted by atomic mass is 16.5. The third-order valence-electron chi connectivity index (χ3n) is 2.69. The highest BCUT2D eigenvalue weighted by Crippen LogP contribution is 2.16. The van der Waals surface area contributed by atoms with E-state index in [1.54, 1.807) is 13.1 Å². The van der Waals surface area contributed by atoms with E-state index in [-0.39, 0.29) is 5.97 Å². The minimum atomic E-state index is -0.357. The maximum absolute atomic E-state index is 11.8. The minimum Gasteiger partial charge on any atom is -0.462 e. The Kier molecular flexibility index (Phi) is 4.28. The largest absolute Gasteiger partial charge is 0.462 e. The second-order valence-corrected chi connectivity index (χ2v) is 4.11. The van der Waals surface area contributed by atoms with Gasteiger partial charge in [0.15, 0.2) is 5.82 Å². The zero-order valence-corrected chi connectivity index (χ0v) is 11.1. The Morgan fingerprint density at radius 2 is 2.26 bits per heavy atom. The van der Waals surface area contributed by atoms with Crippen LogP contribution in [0.1, 0.15) is 36.3 Å². The van der Waals surface area contributed by atoms with Crippen molar-refractivity contribution in [1.82, 2.24) is 15.0 Å². The van der Waals surface area contributed by atoms with Crippen molar-refractivity contribution < 1.29 is 9.53 Å². The lowest BCUT2D eigenvalue weighted by Crippen LogP contribution is -2.11. The monoisotopic (exact) mass is 259 g/mol. The Morgan fingerprint density at radius 1 is 1.42 bits per heavy atom. The van der Waals surface area contributed by atoms with E-state index in [1.165, 1.54) is 0 Å². The van der Waals surface area contributed by atoms with Gasteiger partial charge >= 0.3 is 5.97 Å². The fourth-order valence-electron chi connectivity index (χ4n) is 1.82. The molecule has 2 aromatic rings. The van der Waals surface area contributed by atoms with Crippen molar-refractivity contribution in [2.75, 3.05) is 6.61 Å². The van der Waals surface area contributed by atoms with Gasteiger partial charge in [-0.05, 0) is 25.5 Å². The molecule has 0 aromatic carbocycles. The van der Waals surface area contributed by atoms with Crippen molar-refractivity contribution in [1.29, 1.82) is 0 Å². The lowest BCUT2D eigenvalue weighted by Gasteiger charge is -2.08. The third kappa shape index (κ3) is 2.99. The number of aryl methyl sites for hydroxylation is 1. The van der Waals surface area contributed by atoms with E-state index in [0.717, 1.165) is 24.2 Å². The van der Waals surface area contributed by atoms with Gasteiger partial charge in [0, 0.05) is 12.4 Å². The molecule has 2 heterocycles. The molecule has 0 fully saturated rings. The fourth-order valence-corrected chi connectivity index (χ4v) is 1.82. The number of H-pyrrole nitrogens is 1. The van der Waals surface area contributed by atoms with Gasteiger partial charge in [0.25, 0.3) is 0 Å². The van der Waals surface area contributed by atoms with Crippen molar-refractivity contribution in [2.45, 2.75) is 26.7 Å². The van der Waals surface area contributed by atoms with E-state index in [2.05, 4.69) is 15.0 Å². The third-order valence-corrected chi connectivity index (χ3v) is 2.69. The van der Waals surface area contributed by atoms with Gasteiger partial charge in [0.1, 0.15) is 0 Å². The van der Waals surface area contributed by atoms with Crippen molar-refractivity contribution in [3.05, 3.63) is 35.8 Å². The predicted molar refractivity (Wildman–Crippen MR) is 71.8 cm³/mol. The number of aromatic amines is 1. The van der Waals surface area contributed by atoms with Crippen LogP contribution in [0.15, 0.2) is 24.5 Å². The average molecular weight is 259 g/mol. The summed E-state index contributed by atoms with van der Waals surface area (Å²) in [4.78, 5) is 23.6. The summed E-state index contributed by atoms with van der Waals surface area (Å²) in [5.41, 5.74) is 2.03. The number of carbonyl (C=O) groups is 1. The van der Waals surface area contributed by atoms with Crippen molar-refractivity contribution in [2.24, 2.45) is 0 Å². The molecule has 0 saturated carbocycles. The first-order valence-electron chi connectivity index (χ1n) is 6.43. The molecule has 19 heavy (non-hydrogen) atoms. The number of ether oxygens (including phenoxy) is 1. The second-order valence-electron chi connectivity index (χ2n) is 4.11. The zero-order chi connectivity index (χ0) is 13.7. The maximum atomic E-state index is 11.8. The van der Waals surface area contributed by atoms with Crippen molar-refractivity contribution in [3.8, 4) is 11.5 Å². The van der Waals surface area contributed by atoms with Gasteiger partial charge in [0.2, 0.25) is 0 Å². The van der Waals surface area contributed by atoms with Crippen LogP contribution in [0.25, 0.3) is 11.5 Å². The molecule has 1 N–H and O–H groups in total. The van der Waals surface area contributed by atoms with Gasteiger partial charge in [-0.2, -0.15) is 0 Å². The van der Waals surface area contributed by atoms with Crippen LogP contribution in [-0.4, -0.2) is 27.5 Å². The van der Waals surface area contributed by atoms with Gasteiger partial charge in [-0.25, -0.2) is 14.8 Å². The van der Waals surface area contributed by atoms with E-state index in [1.807, 2.05) is 25.3 Å². The number of carbonyl (C=O) groups excluding carboxylic acids is 1. The van der Waals surface area contributed by atoms with Crippen LogP contribution in [0.5, 0.6) is 0 Å². The van der Waals surface area contributed by atoms with E-state index in [9.17, 15) is 4.79 Å². The summed E-state index contributed by atoms with van der Waals surface area (Å²) in [5, 5.41) is 0. The highest BCUT2D eigenvalue weighted by Gasteiger charge is 2.15. The molecular weight excluding hydrogens is 242 g/mol. The summed E-state index contributed by atoms with van der Waals surface area (Å²) in [7, 11) is 0. The molecule has 0 saturated heterocycles. The van der Waals surface area contributed by atoms with Crippen molar-refractivity contribution in [3.63, 3.8) is 0 Å². The highest BCUT2D eigenvalue weighted by molar-refractivity contribution is 5.90. The van der Waals surface area contributed by atoms with Gasteiger partial charge in [0.05, 0.1) is 23.6 Å². The van der Waals surface area contributed by atoms with Gasteiger partial charge in [-0.3, -0.25) is 0 Å². The van der Waals surface area contributed by atoms with E-state index in [4.69, 9.17) is 4.74 Å². The fraction of sp³-hybridized carbons (Fsp3) is 0.357. The number of hydrogen-bond donors (Lipinski definition) is 1. The van der Waals surface area contributed by atoms with Crippen molar-refractivity contribution >= 4 is 5.97 Å². The van der Waals surface area contributed by atoms with Crippen LogP contribution in [0.2, 0.25) is 0 Å². The maximum Gasteiger partial charge on any atom is 0.341 e. The summed E-state index contributed by atoms with van der Waals surface area (Å²) in [6, 6.07) is 3.78. The number of esters is 1. The van der Waals surface area contributed by atoms with E-state index in [0.29, 0.717) is 18.0 Å². The first-order valence-corrected chi connectivity index (χ1v) is 6.43. The molecule has 0 unspecified atom stereocenters. The lowest BCUT2D eigenvalue weighted by atomic mass is 10.1. The number of rotatable bonds is 5. The molecule has 0 aliphatic carbocycles. The molecule has 0 amide bonds. The van der Waals surface area contributed by atoms with Gasteiger partial charge in [-0.15, -0.1) is 0 Å². The normalized spacial score (nSPS) is 10.4. The molecule has 5 heteroatoms. The minimum absolute atomic E-state index is 0.350. The molecule has 2 aromatic heterocycles. The van der Waals surface area contributed by atoms with Crippen LogP contribution in [-0.2, 0) is 11.2 Å². The van der Waals surface area contributed by atoms with Gasteiger partial charge < -0.3 is 9.72 Å². The summed E-state index contributed by atoms with van der Waals surface area (Å²) >= 11 is 0. The number of hydrogen-bond acceptors (Lipinski definition) is 4. The average Bonchev–Trinajstić information content (AvgIpc) is 2.93. The van der Waals surface area contributed by atoms with Crippen LogP contribution >= 0.6 is 0 Å². The Morgan fingerprint density at radius 3 is 2.89 bits per heavy atom. The zero-order valence-electron chi connectivity index (χ0n) is 11.1. The molecular formula is C14H17N3O2. The number of nitrogens with zero attached hydrogens (tertiary/aromatic N) is 2. The second kappa shape index (κ2) is 6.13. The molecule has 0 spiro atoms. The quantitative estimate of drug-likeness (QED) is 0.838. The first kappa shape index (κ1) is 13.3. The Hall–Kier alpha value is -2.17. The lowest BCUT2D eigenvalue weighted by molar-refractivity contribution is 0.0524. The van der Waals surface area contributed by atoms with Crippen LogP contribution in [0.3, 0.4) is 0 Å². The summed E-state index contributed by atoms with van der Waals surface area (Å²) < 4.78 is 5.02. The SMILES string of the molecule is CCCc1nc(-c2ccc[nH]2)ncc1C(=O)OCC. The predicted octanol–water partition coefficient (Wildman–Crippen LogP) is 2.60. The van der Waals surface area contributed by atoms with E-state index < -0.39 is 0 Å². The molecule has 0 atom stereocenters. The summed E-state index contributed by atoms with van der Waals surface area (Å²) in [6.45, 7) is 4.18. The Labute approximate surface area is 112 Å². The molecule has 0 radical (unpaired) electrons. The number of aromatic nitrogens is 3. The molecule has 100 valence electrons. The Bertz CT molecular complexity index is 550. The van der Waals surface area contributed by atoms with E-state index >= 15 is 0 Å². The molecule has 5 nitrogen and oxygen atoms in total. The molecule has 2 rings (SSSR count). The smallest absolute Gasteiger partial charge is 0.341 e. The molecule has 0 bridgehead atoms. The van der Waals surface area contributed by atoms with Crippen LogP contribution in [0, 0.1) is 0 Å². The van der Waals surface area contributed by atoms with Crippen LogP contribution in [0.4, 0.5) is 0 Å². The topological polar surface area (TPSA) is 67.9 Å². The molecule has 0 aliphatic heterocycles.